The summed E-state index contributed by atoms with van der Waals surface area (Å²) in [6, 6.07) is 0. The summed E-state index contributed by atoms with van der Waals surface area (Å²) >= 11 is 0. The number of allylic oxidation sites excluding steroid dienone is 2. The van der Waals surface area contributed by atoms with Crippen LogP contribution in [-0.4, -0.2) is 6.29 Å². The summed E-state index contributed by atoms with van der Waals surface area (Å²) in [7, 11) is 0. The molecule has 0 spiro atoms. The largest absolute Gasteiger partial charge is 0.303 e. The second-order valence-electron chi connectivity index (χ2n) is 6.56. The number of hydrogen-bond acceptors (Lipinski definition) is 1. The highest BCUT2D eigenvalue weighted by Crippen LogP contribution is 2.35. The molecule has 0 aromatic rings. The molecule has 108 valence electrons. The molecule has 1 unspecified atom stereocenters. The molecule has 1 fully saturated rings. The van der Waals surface area contributed by atoms with Crippen LogP contribution < -0.4 is 0 Å². The Morgan fingerprint density at radius 2 is 1.53 bits per heavy atom. The zero-order chi connectivity index (χ0) is 13.3. The highest BCUT2D eigenvalue weighted by atomic mass is 16.1. The third-order valence-corrected chi connectivity index (χ3v) is 5.09. The molecule has 0 N–H and O–H groups in total. The van der Waals surface area contributed by atoms with E-state index >= 15 is 0 Å². The Kier molecular flexibility index (Phi) is 6.67. The Hall–Kier alpha value is -0.590. The Bertz CT molecular complexity index is 284. The standard InChI is InChI=1S/C18H30O/c19-14-13-16-9-5-4-8-12-18(15-16)17-10-6-2-1-3-7-11-17/h14-15,17-18H,1-13H2. The molecule has 2 aliphatic rings. The first kappa shape index (κ1) is 14.8. The summed E-state index contributed by atoms with van der Waals surface area (Å²) in [5, 5.41) is 0. The van der Waals surface area contributed by atoms with Gasteiger partial charge in [0.05, 0.1) is 0 Å². The van der Waals surface area contributed by atoms with Crippen LogP contribution in [0.2, 0.25) is 0 Å². The quantitative estimate of drug-likeness (QED) is 0.488. The first-order valence-corrected chi connectivity index (χ1v) is 8.53. The van der Waals surface area contributed by atoms with Crippen molar-refractivity contribution in [3.05, 3.63) is 11.6 Å². The van der Waals surface area contributed by atoms with Gasteiger partial charge >= 0.3 is 0 Å². The van der Waals surface area contributed by atoms with Crippen LogP contribution in [0, 0.1) is 11.8 Å². The van der Waals surface area contributed by atoms with Crippen LogP contribution in [-0.2, 0) is 4.79 Å². The van der Waals surface area contributed by atoms with Crippen LogP contribution in [0.5, 0.6) is 0 Å². The maximum absolute atomic E-state index is 10.8. The molecule has 0 saturated heterocycles. The number of aldehydes is 1. The molecule has 1 nitrogen and oxygen atoms in total. The Balaban J connectivity index is 2.01. The highest BCUT2D eigenvalue weighted by molar-refractivity contribution is 5.54. The van der Waals surface area contributed by atoms with Crippen molar-refractivity contribution in [3.8, 4) is 0 Å². The second kappa shape index (κ2) is 8.55. The van der Waals surface area contributed by atoms with E-state index in [1.54, 1.807) is 0 Å². The maximum atomic E-state index is 10.8. The highest BCUT2D eigenvalue weighted by Gasteiger charge is 2.21. The zero-order valence-electron chi connectivity index (χ0n) is 12.4. The van der Waals surface area contributed by atoms with Gasteiger partial charge in [-0.05, 0) is 43.9 Å². The molecule has 19 heavy (non-hydrogen) atoms. The fourth-order valence-electron chi connectivity index (χ4n) is 3.94. The van der Waals surface area contributed by atoms with Crippen molar-refractivity contribution in [3.63, 3.8) is 0 Å². The molecule has 1 saturated carbocycles. The third-order valence-electron chi connectivity index (χ3n) is 5.09. The van der Waals surface area contributed by atoms with E-state index in [-0.39, 0.29) is 0 Å². The van der Waals surface area contributed by atoms with Crippen LogP contribution in [0.1, 0.15) is 83.5 Å². The van der Waals surface area contributed by atoms with Crippen LogP contribution >= 0.6 is 0 Å². The van der Waals surface area contributed by atoms with Gasteiger partial charge in [0.25, 0.3) is 0 Å². The molecule has 2 rings (SSSR count). The average molecular weight is 262 g/mol. The van der Waals surface area contributed by atoms with Crippen molar-refractivity contribution in [2.75, 3.05) is 0 Å². The molecule has 0 aromatic heterocycles. The van der Waals surface area contributed by atoms with Gasteiger partial charge in [-0.15, -0.1) is 0 Å². The second-order valence-corrected chi connectivity index (χ2v) is 6.56. The minimum atomic E-state index is 0.684. The lowest BCUT2D eigenvalue weighted by Gasteiger charge is -2.28. The zero-order valence-corrected chi connectivity index (χ0v) is 12.4. The molecule has 1 heteroatoms. The summed E-state index contributed by atoms with van der Waals surface area (Å²) < 4.78 is 0. The van der Waals surface area contributed by atoms with Crippen LogP contribution in [0.3, 0.4) is 0 Å². The van der Waals surface area contributed by atoms with Gasteiger partial charge in [-0.3, -0.25) is 0 Å². The van der Waals surface area contributed by atoms with E-state index in [1.165, 1.54) is 82.6 Å². The van der Waals surface area contributed by atoms with E-state index in [2.05, 4.69) is 6.08 Å². The van der Waals surface area contributed by atoms with Gasteiger partial charge in [-0.25, -0.2) is 0 Å². The van der Waals surface area contributed by atoms with E-state index in [1.807, 2.05) is 0 Å². The van der Waals surface area contributed by atoms with E-state index in [0.717, 1.165) is 18.1 Å². The molecule has 2 aliphatic carbocycles. The minimum absolute atomic E-state index is 0.684. The fourth-order valence-corrected chi connectivity index (χ4v) is 3.94. The van der Waals surface area contributed by atoms with Crippen molar-refractivity contribution in [2.24, 2.45) is 11.8 Å². The fraction of sp³-hybridized carbons (Fsp3) is 0.833. The summed E-state index contributed by atoms with van der Waals surface area (Å²) in [5.41, 5.74) is 1.43. The smallest absolute Gasteiger partial charge is 0.124 e. The third kappa shape index (κ3) is 5.12. The molecule has 0 heterocycles. The van der Waals surface area contributed by atoms with Gasteiger partial charge in [0, 0.05) is 6.42 Å². The lowest BCUT2D eigenvalue weighted by Crippen LogP contribution is -2.16. The van der Waals surface area contributed by atoms with Crippen LogP contribution in [0.25, 0.3) is 0 Å². The SMILES string of the molecule is O=CCC1=CC(C2CCCCCCC2)CCCCC1. The number of carbonyl (C=O) groups is 1. The molecular weight excluding hydrogens is 232 g/mol. The van der Waals surface area contributed by atoms with E-state index in [0.29, 0.717) is 6.42 Å². The first-order valence-electron chi connectivity index (χ1n) is 8.53. The molecule has 0 radical (unpaired) electrons. The van der Waals surface area contributed by atoms with E-state index < -0.39 is 0 Å². The van der Waals surface area contributed by atoms with Gasteiger partial charge in [-0.2, -0.15) is 0 Å². The summed E-state index contributed by atoms with van der Waals surface area (Å²) in [4.78, 5) is 10.8. The van der Waals surface area contributed by atoms with Crippen molar-refractivity contribution in [2.45, 2.75) is 83.5 Å². The minimum Gasteiger partial charge on any atom is -0.303 e. The van der Waals surface area contributed by atoms with Crippen LogP contribution in [0.15, 0.2) is 11.6 Å². The Morgan fingerprint density at radius 1 is 0.895 bits per heavy atom. The van der Waals surface area contributed by atoms with Gasteiger partial charge < -0.3 is 4.79 Å². The predicted octanol–water partition coefficient (Wildman–Crippen LogP) is 5.44. The number of rotatable bonds is 3. The normalized spacial score (nSPS) is 27.6. The Morgan fingerprint density at radius 3 is 2.26 bits per heavy atom. The topological polar surface area (TPSA) is 17.1 Å². The average Bonchev–Trinajstić information content (AvgIpc) is 2.33. The first-order chi connectivity index (χ1) is 9.40. The van der Waals surface area contributed by atoms with Gasteiger partial charge in [0.1, 0.15) is 6.29 Å². The number of hydrogen-bond donors (Lipinski definition) is 0. The molecule has 0 aromatic carbocycles. The van der Waals surface area contributed by atoms with E-state index in [4.69, 9.17) is 0 Å². The van der Waals surface area contributed by atoms with Gasteiger partial charge in [0.15, 0.2) is 0 Å². The summed E-state index contributed by atoms with van der Waals surface area (Å²) in [6.45, 7) is 0. The predicted molar refractivity (Wildman–Crippen MR) is 81.1 cm³/mol. The maximum Gasteiger partial charge on any atom is 0.124 e. The van der Waals surface area contributed by atoms with Crippen molar-refractivity contribution in [1.29, 1.82) is 0 Å². The lowest BCUT2D eigenvalue weighted by atomic mass is 9.77. The number of carbonyl (C=O) groups excluding carboxylic acids is 1. The van der Waals surface area contributed by atoms with E-state index in [9.17, 15) is 4.79 Å². The van der Waals surface area contributed by atoms with Crippen molar-refractivity contribution in [1.82, 2.24) is 0 Å². The summed E-state index contributed by atoms with van der Waals surface area (Å²) in [6.07, 6.45) is 20.9. The molecule has 1 atom stereocenters. The van der Waals surface area contributed by atoms with Gasteiger partial charge in [-0.1, -0.05) is 56.6 Å². The Labute approximate surface area is 118 Å². The van der Waals surface area contributed by atoms with Crippen molar-refractivity contribution < 1.29 is 4.79 Å². The monoisotopic (exact) mass is 262 g/mol. The molecule has 0 bridgehead atoms. The van der Waals surface area contributed by atoms with Crippen LogP contribution in [0.4, 0.5) is 0 Å². The lowest BCUT2D eigenvalue weighted by molar-refractivity contribution is -0.107. The molecule has 0 aliphatic heterocycles. The van der Waals surface area contributed by atoms with Gasteiger partial charge in [0.2, 0.25) is 0 Å². The molecule has 0 amide bonds. The van der Waals surface area contributed by atoms with Crippen molar-refractivity contribution >= 4 is 6.29 Å². The summed E-state index contributed by atoms with van der Waals surface area (Å²) in [5.74, 6) is 1.67. The molecular formula is C18H30O.